The van der Waals surface area contributed by atoms with E-state index in [9.17, 15) is 0 Å². The molecule has 0 spiro atoms. The first kappa shape index (κ1) is 15.8. The van der Waals surface area contributed by atoms with Crippen molar-refractivity contribution in [3.63, 3.8) is 0 Å². The quantitative estimate of drug-likeness (QED) is 0.495. The Hall–Kier alpha value is -2.62. The van der Waals surface area contributed by atoms with Crippen LogP contribution in [0.3, 0.4) is 0 Å². The lowest BCUT2D eigenvalue weighted by molar-refractivity contribution is 0.610. The third-order valence-electron chi connectivity index (χ3n) is 3.15. The molecule has 0 aliphatic carbocycles. The fourth-order valence-electron chi connectivity index (χ4n) is 2.08. The van der Waals surface area contributed by atoms with E-state index in [1.807, 2.05) is 98.7 Å². The lowest BCUT2D eigenvalue weighted by Gasteiger charge is -2.17. The Kier molecular flexibility index (Phi) is 5.31. The number of rotatable bonds is 3. The maximum Gasteiger partial charge on any atom is 0.158 e. The van der Waals surface area contributed by atoms with Crippen LogP contribution in [0.25, 0.3) is 0 Å². The maximum atomic E-state index is 4.48. The van der Waals surface area contributed by atoms with Gasteiger partial charge in [-0.05, 0) is 0 Å². The van der Waals surface area contributed by atoms with E-state index in [0.29, 0.717) is 0 Å². The van der Waals surface area contributed by atoms with Crippen LogP contribution in [0.2, 0.25) is 0 Å². The first-order valence-electron chi connectivity index (χ1n) is 7.20. The molecule has 0 aliphatic rings. The molecule has 22 heavy (non-hydrogen) atoms. The molecule has 0 radical (unpaired) electrons. The minimum atomic E-state index is 0.830. The molecule has 0 saturated heterocycles. The molecule has 0 saturated carbocycles. The summed E-state index contributed by atoms with van der Waals surface area (Å²) in [4.78, 5) is 3.94. The first-order chi connectivity index (χ1) is 10.6. The monoisotopic (exact) mass is 294 g/mol. The van der Waals surface area contributed by atoms with Crippen LogP contribution in [0.15, 0.2) is 70.9 Å². The maximum absolute atomic E-state index is 4.48. The summed E-state index contributed by atoms with van der Waals surface area (Å²) in [6.07, 6.45) is 0. The van der Waals surface area contributed by atoms with E-state index in [1.54, 1.807) is 0 Å². The summed E-state index contributed by atoms with van der Waals surface area (Å²) in [6, 6.07) is 20.1. The molecule has 2 rings (SSSR count). The fraction of sp³-hybridized carbons (Fsp3) is 0.222. The van der Waals surface area contributed by atoms with Crippen molar-refractivity contribution < 1.29 is 0 Å². The number of nitrogens with zero attached hydrogens (tertiary/aromatic N) is 4. The van der Waals surface area contributed by atoms with Gasteiger partial charge in [-0.2, -0.15) is 0 Å². The van der Waals surface area contributed by atoms with E-state index in [-0.39, 0.29) is 0 Å². The molecule has 114 valence electrons. The third kappa shape index (κ3) is 3.95. The van der Waals surface area contributed by atoms with Crippen LogP contribution < -0.4 is 0 Å². The van der Waals surface area contributed by atoms with Gasteiger partial charge in [0.15, 0.2) is 11.7 Å². The zero-order chi connectivity index (χ0) is 15.9. The minimum absolute atomic E-state index is 0.830. The Bertz CT molecular complexity index is 584. The molecule has 0 bridgehead atoms. The second-order valence-corrected chi connectivity index (χ2v) is 5.37. The van der Waals surface area contributed by atoms with Crippen molar-refractivity contribution in [3.8, 4) is 0 Å². The average Bonchev–Trinajstić information content (AvgIpc) is 2.52. The van der Waals surface area contributed by atoms with E-state index in [1.165, 1.54) is 0 Å². The summed E-state index contributed by atoms with van der Waals surface area (Å²) in [7, 11) is 7.89. The molecule has 0 aliphatic heterocycles. The second kappa shape index (κ2) is 7.41. The summed E-state index contributed by atoms with van der Waals surface area (Å²) in [5.41, 5.74) is 2.09. The van der Waals surface area contributed by atoms with Crippen LogP contribution in [0, 0.1) is 0 Å². The smallest absolute Gasteiger partial charge is 0.158 e. The zero-order valence-electron chi connectivity index (χ0n) is 13.6. The number of benzene rings is 2. The summed E-state index contributed by atoms with van der Waals surface area (Å²) in [6.45, 7) is 0. The molecule has 0 amide bonds. The van der Waals surface area contributed by atoms with Gasteiger partial charge in [0.1, 0.15) is 0 Å². The van der Waals surface area contributed by atoms with Gasteiger partial charge in [0.25, 0.3) is 0 Å². The minimum Gasteiger partial charge on any atom is -0.361 e. The van der Waals surface area contributed by atoms with E-state index in [0.717, 1.165) is 22.8 Å². The normalized spacial score (nSPS) is 12.2. The Labute approximate surface area is 132 Å². The van der Waals surface area contributed by atoms with Gasteiger partial charge in [0.05, 0.1) is 0 Å². The standard InChI is InChI=1S/C18H22N4/c1-21(2)17(15-11-7-5-8-12-15)19-20-18(22(3)4)16-13-9-6-10-14-16/h5-14H,1-4H3/b19-17-,20-18?. The van der Waals surface area contributed by atoms with Crippen LogP contribution in [0.1, 0.15) is 11.1 Å². The summed E-state index contributed by atoms with van der Waals surface area (Å²) in [5.74, 6) is 1.66. The molecule has 0 unspecified atom stereocenters. The van der Waals surface area contributed by atoms with Gasteiger partial charge < -0.3 is 9.80 Å². The van der Waals surface area contributed by atoms with Crippen molar-refractivity contribution in [1.82, 2.24) is 9.80 Å². The molecule has 4 nitrogen and oxygen atoms in total. The van der Waals surface area contributed by atoms with Crippen LogP contribution in [0.4, 0.5) is 0 Å². The van der Waals surface area contributed by atoms with Crippen LogP contribution in [-0.2, 0) is 0 Å². The molecule has 2 aromatic rings. The molecular formula is C18H22N4. The fourth-order valence-corrected chi connectivity index (χ4v) is 2.08. The largest absolute Gasteiger partial charge is 0.361 e. The number of hydrogen-bond acceptors (Lipinski definition) is 2. The molecule has 0 heterocycles. The van der Waals surface area contributed by atoms with Crippen molar-refractivity contribution in [3.05, 3.63) is 71.8 Å². The van der Waals surface area contributed by atoms with Crippen molar-refractivity contribution in [2.24, 2.45) is 10.2 Å². The SMILES string of the molecule is CN(C)C(=N/N=C(/c1ccccc1)N(C)C)c1ccccc1. The Morgan fingerprint density at radius 1 is 0.591 bits per heavy atom. The zero-order valence-corrected chi connectivity index (χ0v) is 13.6. The highest BCUT2D eigenvalue weighted by Crippen LogP contribution is 2.07. The molecule has 0 atom stereocenters. The highest BCUT2D eigenvalue weighted by Gasteiger charge is 2.08. The van der Waals surface area contributed by atoms with Gasteiger partial charge >= 0.3 is 0 Å². The Morgan fingerprint density at radius 3 is 1.18 bits per heavy atom. The van der Waals surface area contributed by atoms with E-state index >= 15 is 0 Å². The van der Waals surface area contributed by atoms with Crippen LogP contribution in [-0.4, -0.2) is 49.7 Å². The van der Waals surface area contributed by atoms with Gasteiger partial charge in [-0.15, -0.1) is 10.2 Å². The summed E-state index contributed by atoms with van der Waals surface area (Å²) >= 11 is 0. The lowest BCUT2D eigenvalue weighted by atomic mass is 10.2. The van der Waals surface area contributed by atoms with Gasteiger partial charge in [0, 0.05) is 39.3 Å². The highest BCUT2D eigenvalue weighted by molar-refractivity contribution is 6.01. The first-order valence-corrected chi connectivity index (χ1v) is 7.20. The molecule has 0 N–H and O–H groups in total. The molecular weight excluding hydrogens is 272 g/mol. The van der Waals surface area contributed by atoms with Crippen molar-refractivity contribution in [2.75, 3.05) is 28.2 Å². The molecule has 2 aromatic carbocycles. The van der Waals surface area contributed by atoms with Gasteiger partial charge in [-0.25, -0.2) is 0 Å². The summed E-state index contributed by atoms with van der Waals surface area (Å²) in [5, 5.41) is 8.96. The Balaban J connectivity index is 2.42. The van der Waals surface area contributed by atoms with Crippen molar-refractivity contribution >= 4 is 11.7 Å². The predicted octanol–water partition coefficient (Wildman–Crippen LogP) is 2.92. The Morgan fingerprint density at radius 2 is 0.909 bits per heavy atom. The van der Waals surface area contributed by atoms with E-state index in [4.69, 9.17) is 0 Å². The van der Waals surface area contributed by atoms with Gasteiger partial charge in [0.2, 0.25) is 0 Å². The van der Waals surface area contributed by atoms with E-state index < -0.39 is 0 Å². The molecule has 0 fully saturated rings. The summed E-state index contributed by atoms with van der Waals surface area (Å²) < 4.78 is 0. The predicted molar refractivity (Wildman–Crippen MR) is 93.3 cm³/mol. The molecule has 0 aromatic heterocycles. The number of hydrogen-bond donors (Lipinski definition) is 0. The third-order valence-corrected chi connectivity index (χ3v) is 3.15. The lowest BCUT2D eigenvalue weighted by Crippen LogP contribution is -2.25. The van der Waals surface area contributed by atoms with Crippen molar-refractivity contribution in [2.45, 2.75) is 0 Å². The number of amidine groups is 2. The second-order valence-electron chi connectivity index (χ2n) is 5.37. The van der Waals surface area contributed by atoms with Gasteiger partial charge in [-0.1, -0.05) is 60.7 Å². The highest BCUT2D eigenvalue weighted by atomic mass is 15.3. The topological polar surface area (TPSA) is 31.2 Å². The average molecular weight is 294 g/mol. The van der Waals surface area contributed by atoms with Crippen LogP contribution in [0.5, 0.6) is 0 Å². The van der Waals surface area contributed by atoms with Crippen LogP contribution >= 0.6 is 0 Å². The van der Waals surface area contributed by atoms with Crippen molar-refractivity contribution in [1.29, 1.82) is 0 Å². The molecule has 4 heteroatoms. The van der Waals surface area contributed by atoms with E-state index in [2.05, 4.69) is 10.2 Å². The van der Waals surface area contributed by atoms with Gasteiger partial charge in [-0.3, -0.25) is 0 Å².